The summed E-state index contributed by atoms with van der Waals surface area (Å²) in [5.74, 6) is 1.21. The van der Waals surface area contributed by atoms with E-state index in [0.29, 0.717) is 16.9 Å². The van der Waals surface area contributed by atoms with Gasteiger partial charge in [0.05, 0.1) is 16.0 Å². The number of pyridine rings is 1. The van der Waals surface area contributed by atoms with Crippen LogP contribution in [0.5, 0.6) is 0 Å². The fourth-order valence-electron chi connectivity index (χ4n) is 5.21. The summed E-state index contributed by atoms with van der Waals surface area (Å²) in [5, 5.41) is 0.444. The molecule has 8 nitrogen and oxygen atoms in total. The maximum absolute atomic E-state index is 12.8. The van der Waals surface area contributed by atoms with E-state index >= 15 is 0 Å². The van der Waals surface area contributed by atoms with Crippen LogP contribution in [0.3, 0.4) is 0 Å². The Labute approximate surface area is 218 Å². The van der Waals surface area contributed by atoms with Gasteiger partial charge in [-0.25, -0.2) is 15.0 Å². The quantitative estimate of drug-likeness (QED) is 0.454. The minimum Gasteiger partial charge on any atom is -0.598 e. The van der Waals surface area contributed by atoms with Crippen molar-refractivity contribution in [1.82, 2.24) is 24.1 Å². The zero-order valence-corrected chi connectivity index (χ0v) is 22.7. The maximum Gasteiger partial charge on any atom is 0.211 e. The van der Waals surface area contributed by atoms with Gasteiger partial charge in [-0.1, -0.05) is 29.8 Å². The van der Waals surface area contributed by atoms with Gasteiger partial charge in [-0.2, -0.15) is 0 Å². The van der Waals surface area contributed by atoms with Gasteiger partial charge in [-0.05, 0) is 57.9 Å². The number of imidazole rings is 1. The summed E-state index contributed by atoms with van der Waals surface area (Å²) in [6, 6.07) is 2.15. The highest BCUT2D eigenvalue weighted by Crippen LogP contribution is 2.47. The van der Waals surface area contributed by atoms with Crippen molar-refractivity contribution in [3.63, 3.8) is 0 Å². The van der Waals surface area contributed by atoms with E-state index in [9.17, 15) is 4.55 Å². The summed E-state index contributed by atoms with van der Waals surface area (Å²) in [5.41, 5.74) is 6.92. The number of nitrogens with one attached hydrogen (secondary N) is 1. The van der Waals surface area contributed by atoms with Crippen LogP contribution >= 0.6 is 23.4 Å². The number of fused-ring (bicyclic) bond motifs is 1. The fourth-order valence-corrected chi connectivity index (χ4v) is 7.32. The van der Waals surface area contributed by atoms with E-state index in [4.69, 9.17) is 22.3 Å². The lowest BCUT2D eigenvalue weighted by atomic mass is 9.74. The Balaban J connectivity index is 1.33. The van der Waals surface area contributed by atoms with Gasteiger partial charge in [0.25, 0.3) is 0 Å². The molecule has 0 bridgehead atoms. The Morgan fingerprint density at radius 1 is 1.17 bits per heavy atom. The Morgan fingerprint density at radius 2 is 1.94 bits per heavy atom. The zero-order chi connectivity index (χ0) is 24.8. The molecule has 3 N–H and O–H groups in total. The number of nitrogen functional groups attached to an aromatic ring is 1. The number of aromatic nitrogens is 4. The van der Waals surface area contributed by atoms with E-state index in [1.807, 2.05) is 39.2 Å². The molecule has 2 aliphatic rings. The van der Waals surface area contributed by atoms with E-state index in [0.717, 1.165) is 53.7 Å². The van der Waals surface area contributed by atoms with E-state index in [2.05, 4.69) is 24.0 Å². The van der Waals surface area contributed by atoms with Gasteiger partial charge in [-0.3, -0.25) is 4.40 Å². The molecule has 0 unspecified atom stereocenters. The number of anilines is 2. The average molecular weight is 534 g/mol. The molecule has 3 aromatic heterocycles. The lowest BCUT2D eigenvalue weighted by Gasteiger charge is -2.44. The first kappa shape index (κ1) is 25.0. The number of nitrogens with zero attached hydrogens (tertiary/aromatic N) is 5. The van der Waals surface area contributed by atoms with Crippen molar-refractivity contribution in [2.24, 2.45) is 5.41 Å². The Kier molecular flexibility index (Phi) is 6.86. The third kappa shape index (κ3) is 4.83. The summed E-state index contributed by atoms with van der Waals surface area (Å²) in [4.78, 5) is 17.6. The Hall–Kier alpha value is -1.72. The van der Waals surface area contributed by atoms with E-state index in [-0.39, 0.29) is 10.2 Å². The van der Waals surface area contributed by atoms with Crippen molar-refractivity contribution in [3.05, 3.63) is 35.9 Å². The second-order valence-electron chi connectivity index (χ2n) is 10.4. The van der Waals surface area contributed by atoms with Gasteiger partial charge < -0.3 is 15.2 Å². The zero-order valence-electron chi connectivity index (χ0n) is 20.3. The van der Waals surface area contributed by atoms with Crippen molar-refractivity contribution in [2.75, 3.05) is 23.7 Å². The summed E-state index contributed by atoms with van der Waals surface area (Å²) in [6.45, 7) is 7.92. The first-order chi connectivity index (χ1) is 16.7. The molecule has 1 saturated carbocycles. The standard InChI is InChI=1S/C24H32ClN7OS2/c1-23(2,3)35(33)30-18-5-4-7-24(18)8-12-31(13-9-24)22-29-15-17(21-28-11-14-32(21)22)34-16-6-10-27-20(26)19(16)25/h6,10-11,14-15,18,30H,4-5,7-9,12-13H2,1-3H3,(H2,26,27)/t18-,35-/m1/s1. The molecule has 4 heterocycles. The Morgan fingerprint density at radius 3 is 2.69 bits per heavy atom. The molecule has 11 heteroatoms. The monoisotopic (exact) mass is 533 g/mol. The number of halogens is 1. The van der Waals surface area contributed by atoms with E-state index in [1.165, 1.54) is 24.6 Å². The maximum atomic E-state index is 12.8. The highest BCUT2D eigenvalue weighted by molar-refractivity contribution is 7.99. The van der Waals surface area contributed by atoms with Crippen LogP contribution < -0.4 is 15.4 Å². The summed E-state index contributed by atoms with van der Waals surface area (Å²) in [7, 11) is 0. The van der Waals surface area contributed by atoms with Crippen molar-refractivity contribution >= 4 is 52.1 Å². The molecular weight excluding hydrogens is 502 g/mol. The Bertz CT molecular complexity index is 1210. The molecule has 1 aliphatic carbocycles. The van der Waals surface area contributed by atoms with Gasteiger partial charge in [0.2, 0.25) is 5.95 Å². The number of nitrogens with two attached hydrogens (primary N) is 1. The third-order valence-corrected chi connectivity index (χ3v) is 10.4. The average Bonchev–Trinajstić information content (AvgIpc) is 3.45. The lowest BCUT2D eigenvalue weighted by molar-refractivity contribution is 0.186. The molecule has 0 aromatic carbocycles. The summed E-state index contributed by atoms with van der Waals surface area (Å²) in [6.07, 6.45) is 12.9. The number of rotatable bonds is 5. The predicted molar refractivity (Wildman–Crippen MR) is 143 cm³/mol. The number of piperidine rings is 1. The molecule has 2 atom stereocenters. The molecule has 1 spiro atoms. The lowest BCUT2D eigenvalue weighted by Crippen LogP contribution is -2.53. The first-order valence-electron chi connectivity index (χ1n) is 12.0. The van der Waals surface area contributed by atoms with Crippen LogP contribution in [0.1, 0.15) is 52.9 Å². The van der Waals surface area contributed by atoms with Crippen LogP contribution in [-0.2, 0) is 11.4 Å². The fraction of sp³-hybridized carbons (Fsp3) is 0.542. The smallest absolute Gasteiger partial charge is 0.211 e. The molecule has 0 amide bonds. The minimum atomic E-state index is -1.05. The van der Waals surface area contributed by atoms with Gasteiger partial charge in [0.15, 0.2) is 5.65 Å². The predicted octanol–water partition coefficient (Wildman–Crippen LogP) is 4.70. The van der Waals surface area contributed by atoms with Crippen molar-refractivity contribution in [1.29, 1.82) is 0 Å². The van der Waals surface area contributed by atoms with Crippen LogP contribution in [0.2, 0.25) is 5.02 Å². The van der Waals surface area contributed by atoms with Crippen molar-refractivity contribution in [3.8, 4) is 0 Å². The van der Waals surface area contributed by atoms with Gasteiger partial charge >= 0.3 is 0 Å². The normalized spacial score (nSPS) is 21.2. The molecule has 5 rings (SSSR count). The van der Waals surface area contributed by atoms with Crippen molar-refractivity contribution < 1.29 is 4.55 Å². The highest BCUT2D eigenvalue weighted by atomic mass is 35.5. The van der Waals surface area contributed by atoms with Crippen LogP contribution in [0.25, 0.3) is 5.65 Å². The summed E-state index contributed by atoms with van der Waals surface area (Å²) < 4.78 is 18.1. The second-order valence-corrected chi connectivity index (χ2v) is 13.9. The SMILES string of the molecule is CC(C)(C)[S@@+]([O-])N[C@@H]1CCCC12CCN(c1ncc(Sc3ccnc(N)c3Cl)c3nccn13)CC2. The van der Waals surface area contributed by atoms with E-state index in [1.54, 1.807) is 12.4 Å². The highest BCUT2D eigenvalue weighted by Gasteiger charge is 2.48. The van der Waals surface area contributed by atoms with Crippen LogP contribution in [0.4, 0.5) is 11.8 Å². The van der Waals surface area contributed by atoms with Gasteiger partial charge in [0.1, 0.15) is 10.6 Å². The summed E-state index contributed by atoms with van der Waals surface area (Å²) >= 11 is 6.80. The molecule has 2 fully saturated rings. The largest absolute Gasteiger partial charge is 0.598 e. The first-order valence-corrected chi connectivity index (χ1v) is 14.4. The molecule has 1 saturated heterocycles. The minimum absolute atomic E-state index is 0.208. The van der Waals surface area contributed by atoms with Crippen LogP contribution in [0.15, 0.2) is 40.6 Å². The molecule has 1 aliphatic heterocycles. The van der Waals surface area contributed by atoms with Gasteiger partial charge in [-0.15, -0.1) is 4.72 Å². The molecule has 35 heavy (non-hydrogen) atoms. The van der Waals surface area contributed by atoms with E-state index < -0.39 is 11.4 Å². The third-order valence-electron chi connectivity index (χ3n) is 7.23. The second kappa shape index (κ2) is 9.63. The van der Waals surface area contributed by atoms with Gasteiger partial charge in [0, 0.05) is 54.1 Å². The number of hydrogen-bond donors (Lipinski definition) is 2. The molecular formula is C24H32ClN7OS2. The topological polar surface area (TPSA) is 107 Å². The van der Waals surface area contributed by atoms with Crippen molar-refractivity contribution in [2.45, 2.75) is 73.5 Å². The number of hydrogen-bond acceptors (Lipinski definition) is 8. The molecule has 3 aromatic rings. The molecule has 188 valence electrons. The van der Waals surface area contributed by atoms with Crippen LogP contribution in [-0.4, -0.2) is 47.8 Å². The molecule has 0 radical (unpaired) electrons. The van der Waals surface area contributed by atoms with Crippen LogP contribution in [0, 0.1) is 5.41 Å².